The molecule has 2 N–H and O–H groups in total. The van der Waals surface area contributed by atoms with Crippen molar-refractivity contribution < 1.29 is 27.4 Å². The first-order chi connectivity index (χ1) is 18.2. The van der Waals surface area contributed by atoms with Gasteiger partial charge < -0.3 is 25.0 Å². The molecular formula is C26H33ClF3N5O3. The maximum Gasteiger partial charge on any atom is 0.408 e. The van der Waals surface area contributed by atoms with E-state index in [0.29, 0.717) is 11.5 Å². The first-order valence-electron chi connectivity index (χ1n) is 12.8. The van der Waals surface area contributed by atoms with E-state index < -0.39 is 18.1 Å². The Balaban J connectivity index is 1.52. The molecule has 2 fully saturated rings. The van der Waals surface area contributed by atoms with Gasteiger partial charge in [0.05, 0.1) is 20.1 Å². The summed E-state index contributed by atoms with van der Waals surface area (Å²) >= 11 is 6.22. The topological polar surface area (TPSA) is 88.6 Å². The molecule has 4 rings (SSSR count). The Morgan fingerprint density at radius 3 is 2.53 bits per heavy atom. The minimum absolute atomic E-state index is 0.00565. The normalized spacial score (nSPS) is 20.6. The molecule has 2 aromatic rings. The monoisotopic (exact) mass is 555 g/mol. The van der Waals surface area contributed by atoms with Crippen molar-refractivity contribution in [1.82, 2.24) is 15.3 Å². The molecule has 1 aliphatic heterocycles. The highest BCUT2D eigenvalue weighted by Crippen LogP contribution is 2.37. The number of halogens is 4. The summed E-state index contributed by atoms with van der Waals surface area (Å²) in [6.45, 7) is 0.129. The van der Waals surface area contributed by atoms with Gasteiger partial charge in [0, 0.05) is 36.8 Å². The highest BCUT2D eigenvalue weighted by molar-refractivity contribution is 6.29. The van der Waals surface area contributed by atoms with Crippen molar-refractivity contribution in [3.8, 4) is 11.5 Å². The number of nitrogens with zero attached hydrogens (tertiary/aromatic N) is 3. The molecule has 0 radical (unpaired) electrons. The summed E-state index contributed by atoms with van der Waals surface area (Å²) in [5.74, 6) is 0.500. The number of amides is 1. The van der Waals surface area contributed by atoms with Gasteiger partial charge in [-0.25, -0.2) is 4.98 Å². The van der Waals surface area contributed by atoms with Crippen molar-refractivity contribution in [2.75, 3.05) is 31.0 Å². The van der Waals surface area contributed by atoms with Crippen LogP contribution in [0.4, 0.5) is 24.9 Å². The van der Waals surface area contributed by atoms with Crippen LogP contribution in [0.15, 0.2) is 24.3 Å². The second-order valence-corrected chi connectivity index (χ2v) is 10.1. The average molecular weight is 556 g/mol. The van der Waals surface area contributed by atoms with Crippen molar-refractivity contribution in [3.63, 3.8) is 0 Å². The summed E-state index contributed by atoms with van der Waals surface area (Å²) in [7, 11) is 3.08. The zero-order chi connectivity index (χ0) is 27.3. The Morgan fingerprint density at radius 2 is 1.84 bits per heavy atom. The Bertz CT molecular complexity index is 1110. The van der Waals surface area contributed by atoms with Gasteiger partial charge in [-0.2, -0.15) is 18.2 Å². The Morgan fingerprint density at radius 1 is 1.08 bits per heavy atom. The number of anilines is 2. The van der Waals surface area contributed by atoms with Crippen molar-refractivity contribution in [3.05, 3.63) is 35.0 Å². The first kappa shape index (κ1) is 28.1. The molecule has 1 aromatic heterocycles. The van der Waals surface area contributed by atoms with Crippen LogP contribution in [0.1, 0.15) is 50.5 Å². The van der Waals surface area contributed by atoms with Gasteiger partial charge in [-0.3, -0.25) is 4.79 Å². The van der Waals surface area contributed by atoms with Crippen LogP contribution < -0.4 is 25.0 Å². The lowest BCUT2D eigenvalue weighted by Gasteiger charge is -2.41. The summed E-state index contributed by atoms with van der Waals surface area (Å²) in [6, 6.07) is 4.91. The SMILES string of the molecule is COc1ccc(CNc2nc(Cl)cc(N3C[C@H](C(=O)NC4CCCCC4)CC[C@@H]3C(F)(F)F)n2)c(OC)c1. The molecule has 1 amide bonds. The molecule has 0 bridgehead atoms. The van der Waals surface area contributed by atoms with Crippen LogP contribution in [0.25, 0.3) is 0 Å². The lowest BCUT2D eigenvalue weighted by atomic mass is 9.90. The van der Waals surface area contributed by atoms with Crippen LogP contribution in [0.5, 0.6) is 11.5 Å². The minimum atomic E-state index is -4.49. The fraction of sp³-hybridized carbons (Fsp3) is 0.577. The summed E-state index contributed by atoms with van der Waals surface area (Å²) in [5.41, 5.74) is 0.768. The number of benzene rings is 1. The fourth-order valence-electron chi connectivity index (χ4n) is 5.15. The molecule has 1 saturated heterocycles. The van der Waals surface area contributed by atoms with Crippen LogP contribution in [0, 0.1) is 5.92 Å². The number of ether oxygens (including phenoxy) is 2. The molecule has 1 aliphatic carbocycles. The molecule has 1 aromatic carbocycles. The van der Waals surface area contributed by atoms with Crippen molar-refractivity contribution in [2.45, 2.75) is 69.8 Å². The maximum atomic E-state index is 14.0. The van der Waals surface area contributed by atoms with Gasteiger partial charge in [-0.05, 0) is 37.8 Å². The number of nitrogens with one attached hydrogen (secondary N) is 2. The predicted molar refractivity (Wildman–Crippen MR) is 139 cm³/mol. The van der Waals surface area contributed by atoms with Crippen LogP contribution in [0.2, 0.25) is 5.15 Å². The summed E-state index contributed by atoms with van der Waals surface area (Å²) in [4.78, 5) is 22.6. The number of piperidine rings is 1. The van der Waals surface area contributed by atoms with E-state index in [-0.39, 0.29) is 54.8 Å². The van der Waals surface area contributed by atoms with E-state index >= 15 is 0 Å². The molecule has 1 saturated carbocycles. The van der Waals surface area contributed by atoms with Gasteiger partial charge in [0.15, 0.2) is 0 Å². The molecule has 2 heterocycles. The quantitative estimate of drug-likeness (QED) is 0.424. The Labute approximate surface area is 225 Å². The number of alkyl halides is 3. The molecular weight excluding hydrogens is 523 g/mol. The molecule has 208 valence electrons. The molecule has 2 aliphatic rings. The molecule has 8 nitrogen and oxygen atoms in total. The number of carbonyl (C=O) groups is 1. The average Bonchev–Trinajstić information content (AvgIpc) is 2.91. The van der Waals surface area contributed by atoms with E-state index in [4.69, 9.17) is 21.1 Å². The van der Waals surface area contributed by atoms with Gasteiger partial charge in [0.1, 0.15) is 28.5 Å². The van der Waals surface area contributed by atoms with Crippen molar-refractivity contribution in [2.24, 2.45) is 5.92 Å². The largest absolute Gasteiger partial charge is 0.497 e. The standard InChI is InChI=1S/C26H33ClF3N5O3/c1-37-19-10-8-16(20(12-19)38-2)14-31-25-33-22(27)13-23(34-25)35-15-17(9-11-21(35)26(28,29)30)24(36)32-18-6-4-3-5-7-18/h8,10,12-13,17-18,21H,3-7,9,11,14-15H2,1-2H3,(H,32,36)(H,31,33,34)/t17-,21-/m1/s1. The zero-order valence-corrected chi connectivity index (χ0v) is 22.2. The third-order valence-electron chi connectivity index (χ3n) is 7.19. The zero-order valence-electron chi connectivity index (χ0n) is 21.5. The highest BCUT2D eigenvalue weighted by atomic mass is 35.5. The molecule has 38 heavy (non-hydrogen) atoms. The van der Waals surface area contributed by atoms with E-state index in [1.54, 1.807) is 25.3 Å². The van der Waals surface area contributed by atoms with Crippen LogP contribution in [-0.2, 0) is 11.3 Å². The third kappa shape index (κ3) is 6.92. The second-order valence-electron chi connectivity index (χ2n) is 9.73. The van der Waals surface area contributed by atoms with E-state index in [2.05, 4.69) is 20.6 Å². The second kappa shape index (κ2) is 12.3. The van der Waals surface area contributed by atoms with Crippen molar-refractivity contribution in [1.29, 1.82) is 0 Å². The third-order valence-corrected chi connectivity index (χ3v) is 7.38. The van der Waals surface area contributed by atoms with Crippen LogP contribution in [0.3, 0.4) is 0 Å². The summed E-state index contributed by atoms with van der Waals surface area (Å²) < 4.78 is 52.7. The van der Waals surface area contributed by atoms with E-state index in [0.717, 1.165) is 42.6 Å². The smallest absolute Gasteiger partial charge is 0.408 e. The van der Waals surface area contributed by atoms with E-state index in [9.17, 15) is 18.0 Å². The van der Waals surface area contributed by atoms with Gasteiger partial charge in [0.2, 0.25) is 11.9 Å². The predicted octanol–water partition coefficient (Wildman–Crippen LogP) is 5.36. The number of methoxy groups -OCH3 is 2. The lowest BCUT2D eigenvalue weighted by molar-refractivity contribution is -0.156. The van der Waals surface area contributed by atoms with Gasteiger partial charge in [-0.1, -0.05) is 30.9 Å². The fourth-order valence-corrected chi connectivity index (χ4v) is 5.33. The van der Waals surface area contributed by atoms with Crippen LogP contribution in [-0.4, -0.2) is 54.9 Å². The number of hydrogen-bond donors (Lipinski definition) is 2. The number of rotatable bonds is 8. The maximum absolute atomic E-state index is 14.0. The van der Waals surface area contributed by atoms with E-state index in [1.807, 2.05) is 0 Å². The lowest BCUT2D eigenvalue weighted by Crippen LogP contribution is -2.55. The number of hydrogen-bond acceptors (Lipinski definition) is 7. The van der Waals surface area contributed by atoms with E-state index in [1.165, 1.54) is 13.2 Å². The number of carbonyl (C=O) groups excluding carboxylic acids is 1. The van der Waals surface area contributed by atoms with Crippen molar-refractivity contribution >= 4 is 29.3 Å². The molecule has 0 unspecified atom stereocenters. The van der Waals surface area contributed by atoms with Gasteiger partial charge in [0.25, 0.3) is 0 Å². The molecule has 2 atom stereocenters. The Kier molecular flexibility index (Phi) is 9.07. The van der Waals surface area contributed by atoms with Gasteiger partial charge >= 0.3 is 6.18 Å². The summed E-state index contributed by atoms with van der Waals surface area (Å²) in [6.07, 6.45) is 0.510. The summed E-state index contributed by atoms with van der Waals surface area (Å²) in [5, 5.41) is 6.07. The van der Waals surface area contributed by atoms with Gasteiger partial charge in [-0.15, -0.1) is 0 Å². The highest BCUT2D eigenvalue weighted by Gasteiger charge is 2.48. The first-order valence-corrected chi connectivity index (χ1v) is 13.2. The number of aromatic nitrogens is 2. The molecule has 12 heteroatoms. The minimum Gasteiger partial charge on any atom is -0.497 e. The molecule has 0 spiro atoms. The van der Waals surface area contributed by atoms with Crippen LogP contribution >= 0.6 is 11.6 Å². The Hall–Kier alpha value is -2.95.